The van der Waals surface area contributed by atoms with Gasteiger partial charge in [-0.15, -0.1) is 4.98 Å². The molecule has 0 unspecified atom stereocenters. The predicted octanol–water partition coefficient (Wildman–Crippen LogP) is 10.7. The molecule has 76 heavy (non-hydrogen) atoms. The van der Waals surface area contributed by atoms with Gasteiger partial charge in [0.05, 0.1) is 53.0 Å². The topological polar surface area (TPSA) is 123 Å². The van der Waals surface area contributed by atoms with E-state index in [4.69, 9.17) is 0 Å². The summed E-state index contributed by atoms with van der Waals surface area (Å²) in [5, 5.41) is 0. The van der Waals surface area contributed by atoms with Gasteiger partial charge in [0.25, 0.3) is 11.3 Å². The molecular formula is C61H101N15+4. The summed E-state index contributed by atoms with van der Waals surface area (Å²) in [5.74, 6) is 3.42. The molecule has 8 rings (SSSR count). The Hall–Kier alpha value is -7.81. The molecule has 0 N–H and O–H groups in total. The Morgan fingerprint density at radius 1 is 0.329 bits per heavy atom. The minimum atomic E-state index is 0.694. The van der Waals surface area contributed by atoms with Crippen molar-refractivity contribution in [2.75, 3.05) is 0 Å². The third-order valence-electron chi connectivity index (χ3n) is 8.78. The summed E-state index contributed by atoms with van der Waals surface area (Å²) < 4.78 is 15.6. The van der Waals surface area contributed by atoms with E-state index in [1.54, 1.807) is 31.1 Å². The Morgan fingerprint density at radius 3 is 1.08 bits per heavy atom. The highest BCUT2D eigenvalue weighted by molar-refractivity contribution is 5.20. The van der Waals surface area contributed by atoms with Crippen molar-refractivity contribution < 1.29 is 18.3 Å². The molecule has 0 aromatic carbocycles. The molecule has 0 radical (unpaired) electrons. The molecule has 0 aliphatic carbocycles. The van der Waals surface area contributed by atoms with Crippen LogP contribution in [-0.4, -0.2) is 33.2 Å². The Balaban J connectivity index is -0.000000417. The highest BCUT2D eigenvalue weighted by atomic mass is 15.1. The van der Waals surface area contributed by atoms with Crippen LogP contribution in [0.3, 0.4) is 0 Å². The van der Waals surface area contributed by atoms with Crippen LogP contribution in [0.4, 0.5) is 23.4 Å². The van der Waals surface area contributed by atoms with Crippen LogP contribution in [0.25, 0.3) is 0 Å². The lowest BCUT2D eigenvalue weighted by molar-refractivity contribution is -0.661. The number of nitrogens with zero attached hydrogens (tertiary/aromatic N) is 15. The Bertz CT molecular complexity index is 2510. The van der Waals surface area contributed by atoms with Gasteiger partial charge in [-0.05, 0) is 57.4 Å². The molecule has 416 valence electrons. The van der Waals surface area contributed by atoms with Gasteiger partial charge in [-0.3, -0.25) is 4.98 Å². The first-order valence-corrected chi connectivity index (χ1v) is 27.1. The predicted molar refractivity (Wildman–Crippen MR) is 317 cm³/mol. The van der Waals surface area contributed by atoms with Gasteiger partial charge in [0, 0.05) is 89.5 Å². The maximum atomic E-state index is 4.57. The van der Waals surface area contributed by atoms with Crippen molar-refractivity contribution in [3.05, 3.63) is 200 Å². The third-order valence-corrected chi connectivity index (χ3v) is 8.78. The number of pyridine rings is 5. The van der Waals surface area contributed by atoms with Crippen molar-refractivity contribution in [1.82, 2.24) is 33.2 Å². The molecule has 0 bridgehead atoms. The van der Waals surface area contributed by atoms with Crippen LogP contribution in [0.1, 0.15) is 111 Å². The molecule has 0 fully saturated rings. The largest absolute Gasteiger partial charge is 0.434 e. The Morgan fingerprint density at radius 2 is 0.697 bits per heavy atom. The van der Waals surface area contributed by atoms with E-state index in [1.807, 2.05) is 350 Å². The number of hydrogen-bond acceptors (Lipinski definition) is 7. The van der Waals surface area contributed by atoms with Crippen LogP contribution in [-0.2, 0) is 56.4 Å². The maximum Gasteiger partial charge on any atom is 0.434 e. The maximum absolute atomic E-state index is 4.57. The molecule has 8 aromatic rings. The second-order valence-electron chi connectivity index (χ2n) is 13.4. The molecule has 0 amide bonds. The molecule has 15 nitrogen and oxygen atoms in total. The summed E-state index contributed by atoms with van der Waals surface area (Å²) >= 11 is 0. The van der Waals surface area contributed by atoms with Gasteiger partial charge in [0.1, 0.15) is 12.4 Å². The van der Waals surface area contributed by atoms with Crippen LogP contribution in [0.2, 0.25) is 0 Å². The molecule has 8 heterocycles. The fraction of sp³-hybridized carbons (Fsp3) is 0.393. The van der Waals surface area contributed by atoms with E-state index < -0.39 is 0 Å². The van der Waals surface area contributed by atoms with Crippen LogP contribution < -0.4 is 40.2 Å². The summed E-state index contributed by atoms with van der Waals surface area (Å²) in [7, 11) is 15.7. The molecule has 0 aliphatic heterocycles. The summed E-state index contributed by atoms with van der Waals surface area (Å²) in [6, 6.07) is 33.4. The first-order chi connectivity index (χ1) is 37.1. The zero-order valence-electron chi connectivity index (χ0n) is 51.5. The summed E-state index contributed by atoms with van der Waals surface area (Å²) in [5.41, 5.74) is 3.57. The average Bonchev–Trinajstić information content (AvgIpc) is 3.48. The van der Waals surface area contributed by atoms with Gasteiger partial charge in [-0.2, -0.15) is 0 Å². The van der Waals surface area contributed by atoms with Crippen molar-refractivity contribution in [3.63, 3.8) is 0 Å². The number of rotatable bonds is 4. The van der Waals surface area contributed by atoms with Gasteiger partial charge < -0.3 is 18.3 Å². The van der Waals surface area contributed by atoms with Crippen molar-refractivity contribution >= 4 is 23.4 Å². The third kappa shape index (κ3) is 30.4. The Kier molecular flexibility index (Phi) is 49.9. The van der Waals surface area contributed by atoms with Gasteiger partial charge in [-0.1, -0.05) is 151 Å². The number of hydrogen-bond donors (Lipinski definition) is 0. The van der Waals surface area contributed by atoms with Crippen molar-refractivity contribution in [3.8, 4) is 0 Å². The lowest BCUT2D eigenvalue weighted by Crippen LogP contribution is -2.29. The van der Waals surface area contributed by atoms with Crippen LogP contribution in [0.15, 0.2) is 198 Å². The zero-order chi connectivity index (χ0) is 58.7. The normalized spacial score (nSPS) is 9.89. The summed E-state index contributed by atoms with van der Waals surface area (Å²) in [4.78, 5) is 30.3. The molecule has 0 atom stereocenters. The highest BCUT2D eigenvalue weighted by Crippen LogP contribution is 2.02. The SMILES string of the molecule is CC.CC.CC.CC.CC.CC.CC.CC.Cn1ccccc1=Nc1cccc[n+]1C.Cn1ccccc1=Nc1ccnc[n+]1C.Cn1ccccc1=Nc1nccc[n+]1C.Cn1ccncc1=Nc1cccc[n+]1C. The average molecular weight is 1040 g/mol. The van der Waals surface area contributed by atoms with Crippen molar-refractivity contribution in [2.24, 2.45) is 76.4 Å². The number of aryl methyl sites for hydroxylation is 8. The lowest BCUT2D eigenvalue weighted by Gasteiger charge is -1.96. The van der Waals surface area contributed by atoms with Crippen LogP contribution >= 0.6 is 0 Å². The van der Waals surface area contributed by atoms with E-state index in [0.717, 1.165) is 39.4 Å². The van der Waals surface area contributed by atoms with E-state index in [9.17, 15) is 0 Å². The van der Waals surface area contributed by atoms with Gasteiger partial charge in [0.2, 0.25) is 22.8 Å². The van der Waals surface area contributed by atoms with Gasteiger partial charge >= 0.3 is 17.6 Å². The fourth-order valence-corrected chi connectivity index (χ4v) is 5.21. The summed E-state index contributed by atoms with van der Waals surface area (Å²) in [6.07, 6.45) is 22.4. The van der Waals surface area contributed by atoms with E-state index in [0.29, 0.717) is 5.95 Å². The minimum Gasteiger partial charge on any atom is -0.322 e. The molecular weight excluding hydrogens is 943 g/mol. The van der Waals surface area contributed by atoms with E-state index in [2.05, 4.69) is 34.9 Å². The highest BCUT2D eigenvalue weighted by Gasteiger charge is 2.06. The number of aromatic nitrogens is 11. The second-order valence-corrected chi connectivity index (χ2v) is 13.4. The summed E-state index contributed by atoms with van der Waals surface area (Å²) in [6.45, 7) is 32.0. The minimum absolute atomic E-state index is 0.694. The van der Waals surface area contributed by atoms with Crippen molar-refractivity contribution in [1.29, 1.82) is 0 Å². The standard InChI is InChI=1S/C12H14N3.3C11H13N4.8C2H6/c1-14-9-5-3-7-11(14)13-12-8-4-6-10-15(12)2;1-14-8-4-3-6-10(14)13-11-12-7-5-9-15(11)2;1-14-8-4-3-5-10(14)13-11-6-7-12-9-15(11)2;1-14-7-4-3-5-10(14)13-11-9-12-6-8-15(11)2;8*1-2/h3-10H,1-2H3;3*3-9H,1-2H3;8*1-2H3/q4*+1;;;;;;;;. The molecule has 0 saturated carbocycles. The van der Waals surface area contributed by atoms with E-state index >= 15 is 0 Å². The first kappa shape index (κ1) is 74.7. The van der Waals surface area contributed by atoms with Crippen molar-refractivity contribution in [2.45, 2.75) is 111 Å². The van der Waals surface area contributed by atoms with E-state index in [-0.39, 0.29) is 0 Å². The molecule has 0 aliphatic rings. The molecule has 8 aromatic heterocycles. The molecule has 15 heteroatoms. The smallest absolute Gasteiger partial charge is 0.322 e. The zero-order valence-corrected chi connectivity index (χ0v) is 51.5. The van der Waals surface area contributed by atoms with Crippen LogP contribution in [0.5, 0.6) is 0 Å². The first-order valence-electron chi connectivity index (χ1n) is 27.1. The Labute approximate surface area is 459 Å². The molecule has 0 spiro atoms. The van der Waals surface area contributed by atoms with Crippen LogP contribution in [0, 0.1) is 0 Å². The fourth-order valence-electron chi connectivity index (χ4n) is 5.21. The lowest BCUT2D eigenvalue weighted by atomic mass is 10.4. The molecule has 0 saturated heterocycles. The van der Waals surface area contributed by atoms with Gasteiger partial charge in [-0.25, -0.2) is 18.3 Å². The quantitative estimate of drug-likeness (QED) is 0.163. The second kappa shape index (κ2) is 50.7. The van der Waals surface area contributed by atoms with E-state index in [1.165, 1.54) is 0 Å². The monoisotopic (exact) mass is 1040 g/mol. The van der Waals surface area contributed by atoms with Gasteiger partial charge in [0.15, 0.2) is 0 Å².